The van der Waals surface area contributed by atoms with Crippen molar-refractivity contribution < 1.29 is 4.79 Å². The number of nitrogens with zero attached hydrogens (tertiary/aromatic N) is 4. The van der Waals surface area contributed by atoms with Gasteiger partial charge in [-0.1, -0.05) is 43.7 Å². The fourth-order valence-corrected chi connectivity index (χ4v) is 4.54. The minimum atomic E-state index is -0.653. The molecule has 0 spiro atoms. The van der Waals surface area contributed by atoms with Gasteiger partial charge in [-0.15, -0.1) is 0 Å². The summed E-state index contributed by atoms with van der Waals surface area (Å²) < 4.78 is 3.54. The summed E-state index contributed by atoms with van der Waals surface area (Å²) in [6.45, 7) is 6.28. The topological polar surface area (TPSA) is 109 Å². The van der Waals surface area contributed by atoms with Gasteiger partial charge in [-0.3, -0.25) is 28.9 Å². The Labute approximate surface area is 198 Å². The van der Waals surface area contributed by atoms with Crippen LogP contribution in [0.3, 0.4) is 0 Å². The predicted octanol–water partition coefficient (Wildman–Crippen LogP) is 2.33. The number of amides is 1. The second-order valence-corrected chi connectivity index (χ2v) is 8.74. The van der Waals surface area contributed by atoms with Gasteiger partial charge in [0, 0.05) is 37.6 Å². The number of anilines is 2. The molecule has 4 rings (SSSR count). The molecule has 0 radical (unpaired) electrons. The fraction of sp³-hybridized carbons (Fsp3) is 0.400. The van der Waals surface area contributed by atoms with Crippen LogP contribution in [-0.4, -0.2) is 38.0 Å². The highest BCUT2D eigenvalue weighted by molar-refractivity contribution is 5.96. The van der Waals surface area contributed by atoms with E-state index in [1.165, 1.54) is 9.47 Å². The molecule has 0 aliphatic carbocycles. The molecule has 1 aromatic carbocycles. The zero-order valence-corrected chi connectivity index (χ0v) is 19.7. The molecule has 1 amide bonds. The van der Waals surface area contributed by atoms with E-state index in [2.05, 4.69) is 27.4 Å². The van der Waals surface area contributed by atoms with Crippen molar-refractivity contribution in [2.45, 2.75) is 52.4 Å². The molecule has 1 unspecified atom stereocenters. The number of H-pyrrole nitrogens is 1. The maximum Gasteiger partial charge on any atom is 0.330 e. The minimum absolute atomic E-state index is 0.0204. The van der Waals surface area contributed by atoms with Gasteiger partial charge < -0.3 is 10.3 Å². The van der Waals surface area contributed by atoms with Crippen molar-refractivity contribution in [2.24, 2.45) is 0 Å². The Balaban J connectivity index is 1.70. The number of unbranched alkanes of at least 4 members (excludes halogenated alkanes) is 1. The van der Waals surface area contributed by atoms with Crippen LogP contribution < -0.4 is 21.9 Å². The van der Waals surface area contributed by atoms with Crippen molar-refractivity contribution in [3.05, 3.63) is 80.8 Å². The lowest BCUT2D eigenvalue weighted by atomic mass is 10.1. The molecule has 0 saturated heterocycles. The van der Waals surface area contributed by atoms with Gasteiger partial charge in [0.25, 0.3) is 5.56 Å². The number of nitrogens with one attached hydrogen (secondary N) is 1. The first-order valence-corrected chi connectivity index (χ1v) is 11.8. The third-order valence-corrected chi connectivity index (χ3v) is 6.51. The summed E-state index contributed by atoms with van der Waals surface area (Å²) in [7, 11) is 0. The molecule has 1 atom stereocenters. The number of fused-ring (bicyclic) bond motifs is 1. The summed E-state index contributed by atoms with van der Waals surface area (Å²) in [4.78, 5) is 45.0. The number of aromatic amines is 1. The van der Waals surface area contributed by atoms with E-state index < -0.39 is 11.2 Å². The number of hydrogen-bond acceptors (Lipinski definition) is 5. The summed E-state index contributed by atoms with van der Waals surface area (Å²) in [6.07, 6.45) is 3.64. The van der Waals surface area contributed by atoms with Gasteiger partial charge in [0.2, 0.25) is 5.91 Å². The second-order valence-electron chi connectivity index (χ2n) is 8.74. The third kappa shape index (κ3) is 4.70. The average Bonchev–Trinajstić information content (AvgIpc) is 3.30. The first-order valence-electron chi connectivity index (χ1n) is 11.8. The van der Waals surface area contributed by atoms with E-state index in [-0.39, 0.29) is 36.5 Å². The van der Waals surface area contributed by atoms with Crippen molar-refractivity contribution in [1.82, 2.24) is 19.0 Å². The molecular weight excluding hydrogens is 432 g/mol. The van der Waals surface area contributed by atoms with Crippen LogP contribution in [0.25, 0.3) is 0 Å². The lowest BCUT2D eigenvalue weighted by Gasteiger charge is -2.35. The molecule has 34 heavy (non-hydrogen) atoms. The third-order valence-electron chi connectivity index (χ3n) is 6.51. The van der Waals surface area contributed by atoms with E-state index in [1.807, 2.05) is 49.5 Å². The standard InChI is InChI=1S/C25H32N6O3/c1-3-4-13-30-23(26)22(24(33)27-25(30)34)31(16-19-9-6-5-7-10-19)21(32)17-29-15-14-28-12-8-11-20(28)18(29)2/h5-12,18H,3-4,13-17,26H2,1-2H3,(H,27,33,34). The highest BCUT2D eigenvalue weighted by atomic mass is 16.2. The van der Waals surface area contributed by atoms with Crippen LogP contribution in [0, 0.1) is 0 Å². The van der Waals surface area contributed by atoms with Crippen LogP contribution in [0.4, 0.5) is 11.5 Å². The van der Waals surface area contributed by atoms with Crippen molar-refractivity contribution in [1.29, 1.82) is 0 Å². The first kappa shape index (κ1) is 23.6. The van der Waals surface area contributed by atoms with Crippen molar-refractivity contribution in [3.63, 3.8) is 0 Å². The van der Waals surface area contributed by atoms with Gasteiger partial charge in [-0.05, 0) is 31.0 Å². The summed E-state index contributed by atoms with van der Waals surface area (Å²) in [5, 5.41) is 0. The molecule has 0 bridgehead atoms. The molecule has 1 aliphatic rings. The van der Waals surface area contributed by atoms with Crippen LogP contribution in [0.5, 0.6) is 0 Å². The van der Waals surface area contributed by atoms with E-state index in [0.29, 0.717) is 6.54 Å². The van der Waals surface area contributed by atoms with E-state index in [0.717, 1.165) is 37.2 Å². The summed E-state index contributed by atoms with van der Waals surface area (Å²) in [5.41, 5.74) is 7.19. The molecule has 3 heterocycles. The average molecular weight is 465 g/mol. The van der Waals surface area contributed by atoms with Crippen LogP contribution in [0.1, 0.15) is 44.0 Å². The molecule has 9 heteroatoms. The molecule has 2 aromatic heterocycles. The van der Waals surface area contributed by atoms with Crippen molar-refractivity contribution in [3.8, 4) is 0 Å². The van der Waals surface area contributed by atoms with E-state index in [4.69, 9.17) is 5.73 Å². The van der Waals surface area contributed by atoms with Crippen LogP contribution in [-0.2, 0) is 24.4 Å². The van der Waals surface area contributed by atoms with Gasteiger partial charge >= 0.3 is 5.69 Å². The number of rotatable bonds is 8. The Morgan fingerprint density at radius 1 is 1.15 bits per heavy atom. The van der Waals surface area contributed by atoms with Crippen LogP contribution in [0.2, 0.25) is 0 Å². The Bertz CT molecular complexity index is 1260. The van der Waals surface area contributed by atoms with Gasteiger partial charge in [0.15, 0.2) is 5.69 Å². The summed E-state index contributed by atoms with van der Waals surface area (Å²) in [5.74, 6) is -0.222. The van der Waals surface area contributed by atoms with Gasteiger partial charge in [0.05, 0.1) is 13.1 Å². The van der Waals surface area contributed by atoms with Crippen molar-refractivity contribution >= 4 is 17.4 Å². The molecule has 1 aliphatic heterocycles. The smallest absolute Gasteiger partial charge is 0.330 e. The number of nitrogen functional groups attached to an aromatic ring is 1. The number of carbonyl (C=O) groups is 1. The normalized spacial score (nSPS) is 15.8. The molecule has 3 aromatic rings. The van der Waals surface area contributed by atoms with Gasteiger partial charge in [-0.2, -0.15) is 0 Å². The lowest BCUT2D eigenvalue weighted by Crippen LogP contribution is -2.47. The lowest BCUT2D eigenvalue weighted by molar-refractivity contribution is -0.120. The summed E-state index contributed by atoms with van der Waals surface area (Å²) >= 11 is 0. The van der Waals surface area contributed by atoms with Gasteiger partial charge in [-0.25, -0.2) is 4.79 Å². The molecule has 3 N–H and O–H groups in total. The quantitative estimate of drug-likeness (QED) is 0.532. The van der Waals surface area contributed by atoms with Gasteiger partial charge in [0.1, 0.15) is 5.82 Å². The van der Waals surface area contributed by atoms with Crippen LogP contribution >= 0.6 is 0 Å². The maximum absolute atomic E-state index is 13.7. The van der Waals surface area contributed by atoms with E-state index in [9.17, 15) is 14.4 Å². The minimum Gasteiger partial charge on any atom is -0.383 e. The zero-order valence-electron chi connectivity index (χ0n) is 19.7. The second kappa shape index (κ2) is 10.1. The maximum atomic E-state index is 13.7. The van der Waals surface area contributed by atoms with Crippen LogP contribution in [0.15, 0.2) is 58.3 Å². The molecule has 0 saturated carbocycles. The highest BCUT2D eigenvalue weighted by Crippen LogP contribution is 2.26. The molecule has 0 fully saturated rings. The monoisotopic (exact) mass is 464 g/mol. The van der Waals surface area contributed by atoms with E-state index >= 15 is 0 Å². The Hall–Kier alpha value is -3.59. The zero-order chi connectivity index (χ0) is 24.2. The fourth-order valence-electron chi connectivity index (χ4n) is 4.54. The Morgan fingerprint density at radius 2 is 1.91 bits per heavy atom. The largest absolute Gasteiger partial charge is 0.383 e. The number of hydrogen-bond donors (Lipinski definition) is 2. The van der Waals surface area contributed by atoms with Crippen molar-refractivity contribution in [2.75, 3.05) is 23.7 Å². The Morgan fingerprint density at radius 3 is 2.65 bits per heavy atom. The number of benzene rings is 1. The SMILES string of the molecule is CCCCn1c(N)c(N(Cc2ccccc2)C(=O)CN2CCn3cccc3C2C)c(=O)[nH]c1=O. The number of nitrogens with two attached hydrogens (primary N) is 1. The van der Waals surface area contributed by atoms with E-state index in [1.54, 1.807) is 0 Å². The molecule has 180 valence electrons. The Kier molecular flexibility index (Phi) is 7.02. The molecule has 9 nitrogen and oxygen atoms in total. The number of carbonyl (C=O) groups excluding carboxylic acids is 1. The summed E-state index contributed by atoms with van der Waals surface area (Å²) in [6, 6.07) is 13.6. The highest BCUT2D eigenvalue weighted by Gasteiger charge is 2.30. The molecular formula is C25H32N6O3. The predicted molar refractivity (Wildman–Crippen MR) is 133 cm³/mol. The number of aromatic nitrogens is 3. The first-order chi connectivity index (χ1) is 16.4.